The zero-order valence-electron chi connectivity index (χ0n) is 17.9. The van der Waals surface area contributed by atoms with E-state index in [1.165, 1.54) is 39.2 Å². The molecule has 2 N–H and O–H groups in total. The van der Waals surface area contributed by atoms with Crippen molar-refractivity contribution in [2.75, 3.05) is 53.6 Å². The molecule has 7 heteroatoms. The van der Waals surface area contributed by atoms with Crippen molar-refractivity contribution in [2.45, 2.75) is 69.7 Å². The number of nitrogens with one attached hydrogen (secondary N) is 2. The highest BCUT2D eigenvalue weighted by molar-refractivity contribution is 5.79. The number of rotatable bonds is 10. The molecule has 0 atom stereocenters. The molecule has 7 nitrogen and oxygen atoms in total. The van der Waals surface area contributed by atoms with Crippen molar-refractivity contribution in [2.24, 2.45) is 4.99 Å². The molecule has 0 bridgehead atoms. The quantitative estimate of drug-likeness (QED) is 0.255. The first-order chi connectivity index (χ1) is 13.7. The summed E-state index contributed by atoms with van der Waals surface area (Å²) in [6.07, 6.45) is 11.2. The fourth-order valence-electron chi connectivity index (χ4n) is 4.38. The summed E-state index contributed by atoms with van der Waals surface area (Å²) in [7, 11) is 3.29. The maximum atomic E-state index is 11.1. The summed E-state index contributed by atoms with van der Waals surface area (Å²) >= 11 is 0. The van der Waals surface area contributed by atoms with Crippen molar-refractivity contribution >= 4 is 11.9 Å². The molecule has 2 fully saturated rings. The van der Waals surface area contributed by atoms with Crippen LogP contribution in [-0.4, -0.2) is 75.9 Å². The zero-order valence-corrected chi connectivity index (χ0v) is 17.9. The third kappa shape index (κ3) is 7.59. The van der Waals surface area contributed by atoms with Crippen LogP contribution in [0.15, 0.2) is 4.99 Å². The Balaban J connectivity index is 1.68. The molecule has 0 radical (unpaired) electrons. The van der Waals surface area contributed by atoms with Crippen molar-refractivity contribution in [3.63, 3.8) is 0 Å². The van der Waals surface area contributed by atoms with E-state index in [1.54, 1.807) is 0 Å². The van der Waals surface area contributed by atoms with E-state index in [4.69, 9.17) is 4.74 Å². The van der Waals surface area contributed by atoms with Gasteiger partial charge in [-0.3, -0.25) is 14.7 Å². The van der Waals surface area contributed by atoms with Gasteiger partial charge in [-0.1, -0.05) is 32.1 Å². The van der Waals surface area contributed by atoms with E-state index >= 15 is 0 Å². The van der Waals surface area contributed by atoms with Crippen LogP contribution in [0.25, 0.3) is 0 Å². The first-order valence-corrected chi connectivity index (χ1v) is 11.0. The summed E-state index contributed by atoms with van der Waals surface area (Å²) in [5.74, 6) is 0.785. The third-order valence-electron chi connectivity index (χ3n) is 6.10. The smallest absolute Gasteiger partial charge is 0.305 e. The largest absolute Gasteiger partial charge is 0.469 e. The lowest BCUT2D eigenvalue weighted by Crippen LogP contribution is -2.60. The lowest BCUT2D eigenvalue weighted by molar-refractivity contribution is -0.140. The number of aliphatic imine (C=N–C) groups is 1. The molecule has 1 saturated carbocycles. The molecule has 0 aromatic carbocycles. The summed E-state index contributed by atoms with van der Waals surface area (Å²) in [6.45, 7) is 5.64. The van der Waals surface area contributed by atoms with E-state index < -0.39 is 0 Å². The molecule has 0 spiro atoms. The van der Waals surface area contributed by atoms with Gasteiger partial charge in [0.15, 0.2) is 5.96 Å². The van der Waals surface area contributed by atoms with Crippen molar-refractivity contribution < 1.29 is 14.3 Å². The lowest BCUT2D eigenvalue weighted by Gasteiger charge is -2.48. The number of esters is 1. The summed E-state index contributed by atoms with van der Waals surface area (Å²) < 4.78 is 10.2. The Kier molecular flexibility index (Phi) is 10.6. The molecular weight excluding hydrogens is 356 g/mol. The molecule has 162 valence electrons. The number of guanidine groups is 1. The molecule has 0 amide bonds. The second-order valence-electron chi connectivity index (χ2n) is 7.98. The van der Waals surface area contributed by atoms with Crippen LogP contribution in [0.2, 0.25) is 0 Å². The molecule has 2 rings (SSSR count). The van der Waals surface area contributed by atoms with Gasteiger partial charge in [-0.15, -0.1) is 0 Å². The minimum Gasteiger partial charge on any atom is -0.469 e. The monoisotopic (exact) mass is 396 g/mol. The third-order valence-corrected chi connectivity index (χ3v) is 6.10. The van der Waals surface area contributed by atoms with E-state index in [0.717, 1.165) is 71.0 Å². The van der Waals surface area contributed by atoms with Crippen LogP contribution in [0.4, 0.5) is 0 Å². The van der Waals surface area contributed by atoms with Gasteiger partial charge in [-0.05, 0) is 25.7 Å². The molecule has 0 unspecified atom stereocenters. The molecule has 1 saturated heterocycles. The zero-order chi connectivity index (χ0) is 20.1. The van der Waals surface area contributed by atoms with Crippen molar-refractivity contribution in [1.29, 1.82) is 0 Å². The predicted molar refractivity (Wildman–Crippen MR) is 113 cm³/mol. The molecule has 0 aromatic rings. The number of morpholine rings is 1. The summed E-state index contributed by atoms with van der Waals surface area (Å²) in [5, 5.41) is 7.04. The predicted octanol–water partition coefficient (Wildman–Crippen LogP) is 2.31. The van der Waals surface area contributed by atoms with Crippen LogP contribution < -0.4 is 10.6 Å². The van der Waals surface area contributed by atoms with Gasteiger partial charge in [0.05, 0.1) is 20.3 Å². The van der Waals surface area contributed by atoms with Crippen LogP contribution in [-0.2, 0) is 14.3 Å². The minimum atomic E-state index is -0.111. The van der Waals surface area contributed by atoms with Crippen molar-refractivity contribution in [3.8, 4) is 0 Å². The maximum Gasteiger partial charge on any atom is 0.305 e. The summed E-state index contributed by atoms with van der Waals surface area (Å²) in [4.78, 5) is 18.2. The van der Waals surface area contributed by atoms with E-state index in [0.29, 0.717) is 6.42 Å². The number of unbranched alkanes of at least 4 members (excludes halogenated alkanes) is 3. The maximum absolute atomic E-state index is 11.1. The number of hydrogen-bond donors (Lipinski definition) is 2. The normalized spacial score (nSPS) is 20.6. The summed E-state index contributed by atoms with van der Waals surface area (Å²) in [6, 6.07) is 0. The van der Waals surface area contributed by atoms with Gasteiger partial charge in [0.2, 0.25) is 0 Å². The number of methoxy groups -OCH3 is 1. The molecule has 1 heterocycles. The number of carbonyl (C=O) groups is 1. The van der Waals surface area contributed by atoms with E-state index in [2.05, 4.69) is 25.3 Å². The number of nitrogens with zero attached hydrogens (tertiary/aromatic N) is 2. The molecule has 0 aromatic heterocycles. The minimum absolute atomic E-state index is 0.111. The first-order valence-electron chi connectivity index (χ1n) is 11.0. The van der Waals surface area contributed by atoms with Crippen LogP contribution in [0.3, 0.4) is 0 Å². The Hall–Kier alpha value is -1.34. The fraction of sp³-hybridized carbons (Fsp3) is 0.905. The fourth-order valence-corrected chi connectivity index (χ4v) is 4.38. The van der Waals surface area contributed by atoms with Gasteiger partial charge < -0.3 is 20.1 Å². The first kappa shape index (κ1) is 22.9. The second kappa shape index (κ2) is 13.0. The van der Waals surface area contributed by atoms with Gasteiger partial charge >= 0.3 is 5.97 Å². The van der Waals surface area contributed by atoms with Crippen LogP contribution in [0.1, 0.15) is 64.2 Å². The van der Waals surface area contributed by atoms with E-state index in [-0.39, 0.29) is 11.5 Å². The Morgan fingerprint density at radius 2 is 1.79 bits per heavy atom. The molecule has 1 aliphatic heterocycles. The molecule has 1 aliphatic carbocycles. The number of carbonyl (C=O) groups excluding carboxylic acids is 1. The summed E-state index contributed by atoms with van der Waals surface area (Å²) in [5.41, 5.74) is 0.244. The van der Waals surface area contributed by atoms with Gasteiger partial charge in [0.25, 0.3) is 0 Å². The second-order valence-corrected chi connectivity index (χ2v) is 7.98. The van der Waals surface area contributed by atoms with E-state index in [9.17, 15) is 4.79 Å². The highest BCUT2D eigenvalue weighted by atomic mass is 16.5. The Morgan fingerprint density at radius 3 is 2.46 bits per heavy atom. The van der Waals surface area contributed by atoms with Crippen LogP contribution in [0.5, 0.6) is 0 Å². The van der Waals surface area contributed by atoms with Crippen molar-refractivity contribution in [1.82, 2.24) is 15.5 Å². The average Bonchev–Trinajstić information content (AvgIpc) is 2.76. The molecule has 28 heavy (non-hydrogen) atoms. The standard InChI is InChI=1S/C21H40N4O3/c1-22-20(23-13-9-4-3-6-10-19(26)27-2)24-18-21(11-7-5-8-12-21)25-14-16-28-17-15-25/h3-18H2,1-2H3,(H2,22,23,24). The number of hydrogen-bond acceptors (Lipinski definition) is 5. The van der Waals surface area contributed by atoms with Crippen LogP contribution >= 0.6 is 0 Å². The van der Waals surface area contributed by atoms with Crippen molar-refractivity contribution in [3.05, 3.63) is 0 Å². The Labute approximate surface area is 170 Å². The molecule has 2 aliphatic rings. The van der Waals surface area contributed by atoms with Gasteiger partial charge in [-0.2, -0.15) is 0 Å². The highest BCUT2D eigenvalue weighted by Gasteiger charge is 2.38. The van der Waals surface area contributed by atoms with E-state index in [1.807, 2.05) is 7.05 Å². The van der Waals surface area contributed by atoms with Gasteiger partial charge in [0.1, 0.15) is 0 Å². The lowest BCUT2D eigenvalue weighted by atomic mass is 9.80. The highest BCUT2D eigenvalue weighted by Crippen LogP contribution is 2.33. The average molecular weight is 397 g/mol. The Bertz CT molecular complexity index is 472. The van der Waals surface area contributed by atoms with Gasteiger partial charge in [-0.25, -0.2) is 0 Å². The van der Waals surface area contributed by atoms with Gasteiger partial charge in [0, 0.05) is 45.2 Å². The number of ether oxygens (including phenoxy) is 2. The SMILES string of the molecule is CN=C(NCCCCCCC(=O)OC)NCC1(N2CCOCC2)CCCCC1. The Morgan fingerprint density at radius 1 is 1.07 bits per heavy atom. The topological polar surface area (TPSA) is 75.2 Å². The molecular formula is C21H40N4O3. The van der Waals surface area contributed by atoms with Crippen LogP contribution in [0, 0.1) is 0 Å².